The van der Waals surface area contributed by atoms with Crippen molar-refractivity contribution in [3.63, 3.8) is 0 Å². The zero-order valence-electron chi connectivity index (χ0n) is 10.2. The molecule has 6 nitrogen and oxygen atoms in total. The van der Waals surface area contributed by atoms with Gasteiger partial charge in [0.2, 0.25) is 0 Å². The van der Waals surface area contributed by atoms with Crippen molar-refractivity contribution < 1.29 is 14.1 Å². The number of hydrogen-bond acceptors (Lipinski definition) is 5. The van der Waals surface area contributed by atoms with Gasteiger partial charge in [0.25, 0.3) is 5.69 Å². The Morgan fingerprint density at radius 3 is 2.95 bits per heavy atom. The van der Waals surface area contributed by atoms with Gasteiger partial charge in [0.1, 0.15) is 11.5 Å². The minimum Gasteiger partial charge on any atom is -0.378 e. The highest BCUT2D eigenvalue weighted by Crippen LogP contribution is 2.29. The van der Waals surface area contributed by atoms with E-state index in [0.717, 1.165) is 6.07 Å². The maximum Gasteiger partial charge on any atom is 0.293 e. The van der Waals surface area contributed by atoms with Crippen LogP contribution in [0.1, 0.15) is 0 Å². The Hall–Kier alpha value is -1.00. The van der Waals surface area contributed by atoms with E-state index in [2.05, 4.69) is 10.6 Å². The zero-order chi connectivity index (χ0) is 14.0. The molecule has 1 heterocycles. The molecule has 1 aliphatic rings. The molecule has 104 valence electrons. The van der Waals surface area contributed by atoms with Crippen LogP contribution in [0.3, 0.4) is 0 Å². The highest BCUT2D eigenvalue weighted by molar-refractivity contribution is 14.1. The van der Waals surface area contributed by atoms with Crippen LogP contribution in [0, 0.1) is 19.5 Å². The van der Waals surface area contributed by atoms with E-state index in [1.807, 2.05) is 0 Å². The number of hydrogen-bond donors (Lipinski definition) is 2. The van der Waals surface area contributed by atoms with Crippen molar-refractivity contribution in [2.45, 2.75) is 12.1 Å². The van der Waals surface area contributed by atoms with Gasteiger partial charge in [-0.05, 0) is 22.6 Å². The molecule has 2 N–H and O–H groups in total. The third-order valence-electron chi connectivity index (χ3n) is 3.04. The van der Waals surface area contributed by atoms with Gasteiger partial charge in [0.15, 0.2) is 0 Å². The van der Waals surface area contributed by atoms with Gasteiger partial charge in [-0.25, -0.2) is 4.39 Å². The standard InChI is InChI=1S/C11H13FIN3O3/c1-19-11-5-14-4-9(11)15-8-2-6(12)7(13)3-10(8)16(17)18/h2-3,9,11,14-15H,4-5H2,1H3/t9?,11-/m0/s1. The number of nitrogens with zero attached hydrogens (tertiary/aromatic N) is 1. The van der Waals surface area contributed by atoms with Crippen LogP contribution < -0.4 is 10.6 Å². The SMILES string of the molecule is CO[C@H]1CNCC1Nc1cc(F)c(I)cc1[N+](=O)[O-]. The van der Waals surface area contributed by atoms with Crippen molar-refractivity contribution in [2.75, 3.05) is 25.5 Å². The fraction of sp³-hybridized carbons (Fsp3) is 0.455. The molecule has 19 heavy (non-hydrogen) atoms. The second-order valence-electron chi connectivity index (χ2n) is 4.22. The summed E-state index contributed by atoms with van der Waals surface area (Å²) in [6.07, 6.45) is -0.0954. The summed E-state index contributed by atoms with van der Waals surface area (Å²) in [5.74, 6) is -0.478. The quantitative estimate of drug-likeness (QED) is 0.472. The molecule has 1 saturated heterocycles. The predicted molar refractivity (Wildman–Crippen MR) is 76.8 cm³/mol. The van der Waals surface area contributed by atoms with E-state index < -0.39 is 10.7 Å². The second kappa shape index (κ2) is 5.97. The normalized spacial score (nSPS) is 22.5. The Morgan fingerprint density at radius 2 is 2.32 bits per heavy atom. The van der Waals surface area contributed by atoms with Crippen molar-refractivity contribution in [1.29, 1.82) is 0 Å². The van der Waals surface area contributed by atoms with Crippen molar-refractivity contribution in [3.8, 4) is 0 Å². The predicted octanol–water partition coefficient (Wildman–Crippen LogP) is 1.74. The molecule has 0 amide bonds. The number of rotatable bonds is 4. The molecule has 0 bridgehead atoms. The number of halogens is 2. The number of ether oxygens (including phenoxy) is 1. The monoisotopic (exact) mass is 381 g/mol. The third kappa shape index (κ3) is 3.12. The van der Waals surface area contributed by atoms with E-state index in [9.17, 15) is 14.5 Å². The average Bonchev–Trinajstić information content (AvgIpc) is 2.80. The number of nitrogens with one attached hydrogen (secondary N) is 2. The number of nitro benzene ring substituents is 1. The lowest BCUT2D eigenvalue weighted by Gasteiger charge is -2.19. The summed E-state index contributed by atoms with van der Waals surface area (Å²) in [5, 5.41) is 17.1. The zero-order valence-corrected chi connectivity index (χ0v) is 12.3. The van der Waals surface area contributed by atoms with Crippen LogP contribution in [0.15, 0.2) is 12.1 Å². The molecule has 1 unspecified atom stereocenters. The van der Waals surface area contributed by atoms with Gasteiger partial charge >= 0.3 is 0 Å². The molecular weight excluding hydrogens is 368 g/mol. The Balaban J connectivity index is 2.28. The molecular formula is C11H13FIN3O3. The first-order valence-corrected chi connectivity index (χ1v) is 6.74. The van der Waals surface area contributed by atoms with Gasteiger partial charge in [-0.2, -0.15) is 0 Å². The van der Waals surface area contributed by atoms with E-state index in [1.54, 1.807) is 29.7 Å². The van der Waals surface area contributed by atoms with E-state index >= 15 is 0 Å². The lowest BCUT2D eigenvalue weighted by Crippen LogP contribution is -2.33. The average molecular weight is 381 g/mol. The van der Waals surface area contributed by atoms with Gasteiger partial charge < -0.3 is 15.4 Å². The molecule has 0 aliphatic carbocycles. The molecule has 0 aromatic heterocycles. The Morgan fingerprint density at radius 1 is 1.58 bits per heavy atom. The largest absolute Gasteiger partial charge is 0.378 e. The molecule has 0 spiro atoms. The molecule has 2 rings (SSSR count). The summed E-state index contributed by atoms with van der Waals surface area (Å²) in [6.45, 7) is 1.28. The molecule has 0 radical (unpaired) electrons. The van der Waals surface area contributed by atoms with Crippen molar-refractivity contribution in [3.05, 3.63) is 31.6 Å². The van der Waals surface area contributed by atoms with Gasteiger partial charge in [0.05, 0.1) is 20.6 Å². The molecule has 2 atom stereocenters. The summed E-state index contributed by atoms with van der Waals surface area (Å²) >= 11 is 1.73. The maximum atomic E-state index is 13.6. The van der Waals surface area contributed by atoms with Crippen molar-refractivity contribution >= 4 is 34.0 Å². The molecule has 1 aliphatic heterocycles. The van der Waals surface area contributed by atoms with Crippen LogP contribution in [0.2, 0.25) is 0 Å². The minimum absolute atomic E-state index is 0.0954. The van der Waals surface area contributed by atoms with Crippen LogP contribution in [-0.4, -0.2) is 37.3 Å². The first-order chi connectivity index (χ1) is 9.02. The molecule has 1 aromatic rings. The first-order valence-electron chi connectivity index (χ1n) is 5.66. The number of anilines is 1. The summed E-state index contributed by atoms with van der Waals surface area (Å²) in [7, 11) is 1.58. The van der Waals surface area contributed by atoms with Crippen LogP contribution >= 0.6 is 22.6 Å². The van der Waals surface area contributed by atoms with Crippen LogP contribution in [0.5, 0.6) is 0 Å². The van der Waals surface area contributed by atoms with E-state index in [0.29, 0.717) is 13.1 Å². The highest BCUT2D eigenvalue weighted by Gasteiger charge is 2.29. The third-order valence-corrected chi connectivity index (χ3v) is 3.86. The van der Waals surface area contributed by atoms with Crippen LogP contribution in [0.4, 0.5) is 15.8 Å². The summed E-state index contributed by atoms with van der Waals surface area (Å²) in [5.41, 5.74) is 0.0474. The Kier molecular flexibility index (Phi) is 4.53. The van der Waals surface area contributed by atoms with E-state index in [1.165, 1.54) is 6.07 Å². The molecule has 1 aromatic carbocycles. The second-order valence-corrected chi connectivity index (χ2v) is 5.39. The lowest BCUT2D eigenvalue weighted by atomic mass is 10.2. The van der Waals surface area contributed by atoms with Crippen molar-refractivity contribution in [1.82, 2.24) is 5.32 Å². The van der Waals surface area contributed by atoms with Gasteiger partial charge in [0, 0.05) is 32.3 Å². The van der Waals surface area contributed by atoms with Crippen LogP contribution in [-0.2, 0) is 4.74 Å². The molecule has 0 saturated carbocycles. The van der Waals surface area contributed by atoms with Gasteiger partial charge in [-0.15, -0.1) is 0 Å². The number of methoxy groups -OCH3 is 1. The summed E-state index contributed by atoms with van der Waals surface area (Å²) in [6, 6.07) is 2.26. The summed E-state index contributed by atoms with van der Waals surface area (Å²) in [4.78, 5) is 10.5. The van der Waals surface area contributed by atoms with Crippen molar-refractivity contribution in [2.24, 2.45) is 0 Å². The van der Waals surface area contributed by atoms with E-state index in [-0.39, 0.29) is 27.1 Å². The fourth-order valence-electron chi connectivity index (χ4n) is 2.05. The number of nitro groups is 1. The smallest absolute Gasteiger partial charge is 0.293 e. The summed E-state index contributed by atoms with van der Waals surface area (Å²) < 4.78 is 19.0. The highest BCUT2D eigenvalue weighted by atomic mass is 127. The van der Waals surface area contributed by atoms with Gasteiger partial charge in [-0.3, -0.25) is 10.1 Å². The van der Waals surface area contributed by atoms with Crippen LogP contribution in [0.25, 0.3) is 0 Å². The molecule has 8 heteroatoms. The van der Waals surface area contributed by atoms with Gasteiger partial charge in [-0.1, -0.05) is 0 Å². The molecule has 1 fully saturated rings. The first kappa shape index (κ1) is 14.4. The maximum absolute atomic E-state index is 13.6. The topological polar surface area (TPSA) is 76.4 Å². The Bertz CT molecular complexity index is 500. The number of benzene rings is 1. The lowest BCUT2D eigenvalue weighted by molar-refractivity contribution is -0.384. The van der Waals surface area contributed by atoms with E-state index in [4.69, 9.17) is 4.74 Å². The minimum atomic E-state index is -0.520. The fourth-order valence-corrected chi connectivity index (χ4v) is 2.50. The Labute approximate surface area is 123 Å².